The molecule has 2 rings (SSSR count). The molecule has 0 aliphatic rings. The third-order valence-electron chi connectivity index (χ3n) is 4.34. The van der Waals surface area contributed by atoms with E-state index < -0.39 is 0 Å². The molecule has 156 valence electrons. The third-order valence-corrected chi connectivity index (χ3v) is 4.34. The van der Waals surface area contributed by atoms with E-state index in [2.05, 4.69) is 34.3 Å². The van der Waals surface area contributed by atoms with Crippen molar-refractivity contribution < 1.29 is 19.0 Å². The van der Waals surface area contributed by atoms with Gasteiger partial charge in [-0.2, -0.15) is 0 Å². The van der Waals surface area contributed by atoms with Crippen LogP contribution in [0.1, 0.15) is 35.6 Å². The van der Waals surface area contributed by atoms with Gasteiger partial charge in [-0.05, 0) is 68.0 Å². The maximum Gasteiger partial charge on any atom is 0.189 e. The normalized spacial score (nSPS) is 11.3. The van der Waals surface area contributed by atoms with E-state index in [4.69, 9.17) is 14.2 Å². The minimum absolute atomic E-state index is 0.204. The lowest BCUT2D eigenvalue weighted by Gasteiger charge is -2.14. The van der Waals surface area contributed by atoms with E-state index in [9.17, 15) is 0 Å². The van der Waals surface area contributed by atoms with Gasteiger partial charge in [0.15, 0.2) is 6.79 Å². The van der Waals surface area contributed by atoms with E-state index in [0.29, 0.717) is 13.2 Å². The predicted molar refractivity (Wildman–Crippen MR) is 117 cm³/mol. The van der Waals surface area contributed by atoms with Gasteiger partial charge < -0.3 is 19.0 Å². The van der Waals surface area contributed by atoms with Crippen LogP contribution in [0.4, 0.5) is 0 Å². The minimum Gasteiger partial charge on any atom is -0.490 e. The molecule has 0 bridgehead atoms. The van der Waals surface area contributed by atoms with E-state index in [1.54, 1.807) is 13.3 Å². The molecule has 0 radical (unpaired) electrons. The molecule has 0 aromatic heterocycles. The summed E-state index contributed by atoms with van der Waals surface area (Å²) in [5.41, 5.74) is 4.44. The van der Waals surface area contributed by atoms with E-state index in [1.165, 1.54) is 5.56 Å². The van der Waals surface area contributed by atoms with Crippen LogP contribution >= 0.6 is 0 Å². The summed E-state index contributed by atoms with van der Waals surface area (Å²) in [5, 5.41) is 3.74. The van der Waals surface area contributed by atoms with Crippen molar-refractivity contribution in [1.82, 2.24) is 0 Å². The molecule has 0 amide bonds. The first kappa shape index (κ1) is 22.5. The summed E-state index contributed by atoms with van der Waals surface area (Å²) in [7, 11) is 1.55. The van der Waals surface area contributed by atoms with Crippen LogP contribution in [0.15, 0.2) is 53.7 Å². The van der Waals surface area contributed by atoms with Gasteiger partial charge in [-0.1, -0.05) is 41.6 Å². The van der Waals surface area contributed by atoms with Gasteiger partial charge in [0.05, 0.1) is 6.61 Å². The molecule has 0 aliphatic heterocycles. The summed E-state index contributed by atoms with van der Waals surface area (Å²) in [6.07, 6.45) is 7.52. The van der Waals surface area contributed by atoms with Crippen LogP contribution in [-0.2, 0) is 22.6 Å². The number of oxime groups is 1. The van der Waals surface area contributed by atoms with Crippen LogP contribution in [0, 0.1) is 13.8 Å². The van der Waals surface area contributed by atoms with Crippen molar-refractivity contribution in [2.75, 3.05) is 20.5 Å². The Morgan fingerprint density at radius 1 is 0.966 bits per heavy atom. The summed E-state index contributed by atoms with van der Waals surface area (Å²) in [4.78, 5) is 4.66. The molecule has 0 unspecified atom stereocenters. The number of benzene rings is 2. The fraction of sp³-hybridized carbons (Fsp3) is 0.375. The molecule has 0 N–H and O–H groups in total. The highest BCUT2D eigenvalue weighted by Crippen LogP contribution is 2.28. The second-order valence-electron chi connectivity index (χ2n) is 6.70. The zero-order chi connectivity index (χ0) is 20.9. The smallest absolute Gasteiger partial charge is 0.189 e. The number of nitrogens with zero attached hydrogens (tertiary/aromatic N) is 1. The number of ether oxygens (including phenoxy) is 3. The van der Waals surface area contributed by atoms with Crippen LogP contribution in [-0.4, -0.2) is 26.7 Å². The Labute approximate surface area is 173 Å². The molecule has 0 saturated heterocycles. The average Bonchev–Trinajstić information content (AvgIpc) is 2.71. The zero-order valence-corrected chi connectivity index (χ0v) is 17.8. The lowest BCUT2D eigenvalue weighted by molar-refractivity contribution is 0.00427. The fourth-order valence-electron chi connectivity index (χ4n) is 2.88. The molecule has 0 spiro atoms. The predicted octanol–water partition coefficient (Wildman–Crippen LogP) is 5.38. The van der Waals surface area contributed by atoms with Gasteiger partial charge >= 0.3 is 0 Å². The van der Waals surface area contributed by atoms with Crippen LogP contribution < -0.4 is 9.47 Å². The van der Waals surface area contributed by atoms with Crippen LogP contribution in [0.2, 0.25) is 0 Å². The Kier molecular flexibility index (Phi) is 9.80. The van der Waals surface area contributed by atoms with Crippen molar-refractivity contribution in [3.8, 4) is 11.5 Å². The maximum absolute atomic E-state index is 5.85. The van der Waals surface area contributed by atoms with Crippen LogP contribution in [0.25, 0.3) is 0 Å². The topological polar surface area (TPSA) is 49.3 Å². The summed E-state index contributed by atoms with van der Waals surface area (Å²) in [5.74, 6) is 1.69. The maximum atomic E-state index is 5.85. The first-order valence-corrected chi connectivity index (χ1v) is 9.82. The van der Waals surface area contributed by atoms with Crippen LogP contribution in [0.3, 0.4) is 0 Å². The van der Waals surface area contributed by atoms with Gasteiger partial charge in [-0.25, -0.2) is 0 Å². The summed E-state index contributed by atoms with van der Waals surface area (Å²) < 4.78 is 17.3. The van der Waals surface area contributed by atoms with Gasteiger partial charge in [0.2, 0.25) is 0 Å². The highest BCUT2D eigenvalue weighted by molar-refractivity contribution is 5.56. The first-order valence-electron chi connectivity index (χ1n) is 9.82. The molecular weight excluding hydrogens is 366 g/mol. The van der Waals surface area contributed by atoms with Gasteiger partial charge in [0, 0.05) is 6.21 Å². The van der Waals surface area contributed by atoms with Crippen molar-refractivity contribution in [2.45, 2.75) is 40.2 Å². The zero-order valence-electron chi connectivity index (χ0n) is 17.8. The number of allylic oxidation sites excluding steroid dienone is 1. The van der Waals surface area contributed by atoms with Crippen LogP contribution in [0.5, 0.6) is 11.5 Å². The highest BCUT2D eigenvalue weighted by atomic mass is 16.7. The molecule has 0 saturated carbocycles. The second kappa shape index (κ2) is 12.6. The fourth-order valence-corrected chi connectivity index (χ4v) is 2.88. The number of rotatable bonds is 12. The molecule has 0 aliphatic carbocycles. The molecular formula is C24H31NO4. The Morgan fingerprint density at radius 2 is 1.66 bits per heavy atom. The van der Waals surface area contributed by atoms with Crippen molar-refractivity contribution in [3.05, 3.63) is 70.8 Å². The Morgan fingerprint density at radius 3 is 2.31 bits per heavy atom. The van der Waals surface area contributed by atoms with E-state index >= 15 is 0 Å². The molecule has 5 heteroatoms. The largest absolute Gasteiger partial charge is 0.490 e. The second-order valence-corrected chi connectivity index (χ2v) is 6.70. The Bertz CT molecular complexity index is 774. The number of hydrogen-bond donors (Lipinski definition) is 0. The van der Waals surface area contributed by atoms with Crippen molar-refractivity contribution >= 4 is 6.21 Å². The van der Waals surface area contributed by atoms with E-state index in [0.717, 1.165) is 41.0 Å². The molecule has 5 nitrogen and oxygen atoms in total. The van der Waals surface area contributed by atoms with E-state index in [-0.39, 0.29) is 6.79 Å². The SMILES string of the molecule is C/C=C/COc1cc(C)c(OCOCc2ccc(CCC=NOC)cc2)c(C)c1. The average molecular weight is 398 g/mol. The molecule has 29 heavy (non-hydrogen) atoms. The van der Waals surface area contributed by atoms with Gasteiger partial charge in [0.1, 0.15) is 25.2 Å². The summed E-state index contributed by atoms with van der Waals surface area (Å²) >= 11 is 0. The molecule has 0 fully saturated rings. The quantitative estimate of drug-likeness (QED) is 0.159. The standard InChI is InChI=1S/C24H31NO4/c1-5-6-14-28-23-15-19(2)24(20(3)16-23)29-18-27-17-22-11-9-21(10-12-22)8-7-13-25-26-4/h5-6,9-13,15-16H,7-8,14,17-18H2,1-4H3/b6-5+,25-13?. The minimum atomic E-state index is 0.204. The van der Waals surface area contributed by atoms with Gasteiger partial charge in [0.25, 0.3) is 0 Å². The van der Waals surface area contributed by atoms with E-state index in [1.807, 2.05) is 45.1 Å². The molecule has 2 aromatic rings. The molecule has 2 aromatic carbocycles. The van der Waals surface area contributed by atoms with Gasteiger partial charge in [-0.15, -0.1) is 0 Å². The lowest BCUT2D eigenvalue weighted by Crippen LogP contribution is -2.06. The van der Waals surface area contributed by atoms with Crippen molar-refractivity contribution in [1.29, 1.82) is 0 Å². The highest BCUT2D eigenvalue weighted by Gasteiger charge is 2.07. The molecule has 0 heterocycles. The third kappa shape index (κ3) is 8.00. The van der Waals surface area contributed by atoms with Crippen molar-refractivity contribution in [2.24, 2.45) is 5.16 Å². The van der Waals surface area contributed by atoms with Gasteiger partial charge in [-0.3, -0.25) is 0 Å². The Hall–Kier alpha value is -2.79. The van der Waals surface area contributed by atoms with Crippen molar-refractivity contribution in [3.63, 3.8) is 0 Å². The lowest BCUT2D eigenvalue weighted by atomic mass is 10.1. The monoisotopic (exact) mass is 397 g/mol. The Balaban J connectivity index is 1.77. The number of aryl methyl sites for hydroxylation is 3. The molecule has 0 atom stereocenters. The number of hydrogen-bond acceptors (Lipinski definition) is 5. The summed E-state index contributed by atoms with van der Waals surface area (Å²) in [6.45, 7) is 7.29. The summed E-state index contributed by atoms with van der Waals surface area (Å²) in [6, 6.07) is 12.4. The first-order chi connectivity index (χ1) is 14.1.